The molecule has 7 heteroatoms. The average molecular weight is 377 g/mol. The van der Waals surface area contributed by atoms with Crippen molar-refractivity contribution >= 4 is 20.8 Å². The highest BCUT2D eigenvalue weighted by molar-refractivity contribution is 7.91. The van der Waals surface area contributed by atoms with Crippen molar-refractivity contribution in [3.8, 4) is 0 Å². The van der Waals surface area contributed by atoms with E-state index in [-0.39, 0.29) is 10.3 Å². The minimum Gasteiger partial charge on any atom is -0.459 e. The van der Waals surface area contributed by atoms with Crippen molar-refractivity contribution in [2.45, 2.75) is 35.6 Å². The van der Waals surface area contributed by atoms with Gasteiger partial charge >= 0.3 is 0 Å². The Morgan fingerprint density at radius 1 is 1.04 bits per heavy atom. The van der Waals surface area contributed by atoms with Crippen LogP contribution in [-0.4, -0.2) is 15.0 Å². The van der Waals surface area contributed by atoms with Crippen LogP contribution in [0.25, 0.3) is 11.0 Å². The number of rotatable bonds is 2. The van der Waals surface area contributed by atoms with Gasteiger partial charge in [-0.2, -0.15) is 0 Å². The Labute approximate surface area is 149 Å². The van der Waals surface area contributed by atoms with Gasteiger partial charge in [0.1, 0.15) is 23.0 Å². The van der Waals surface area contributed by atoms with Crippen LogP contribution in [0, 0.1) is 11.6 Å². The van der Waals surface area contributed by atoms with Crippen LogP contribution >= 0.6 is 0 Å². The summed E-state index contributed by atoms with van der Waals surface area (Å²) in [6.07, 6.45) is 0. The summed E-state index contributed by atoms with van der Waals surface area (Å²) in [5, 5.41) is 4.14. The van der Waals surface area contributed by atoms with Crippen LogP contribution in [-0.2, 0) is 21.8 Å². The zero-order chi connectivity index (χ0) is 18.7. The summed E-state index contributed by atoms with van der Waals surface area (Å²) in [7, 11) is -4.06. The Bertz CT molecular complexity index is 1110. The highest BCUT2D eigenvalue weighted by atomic mass is 32.2. The van der Waals surface area contributed by atoms with Crippen molar-refractivity contribution in [3.05, 3.63) is 59.4 Å². The Hall–Kier alpha value is -2.25. The predicted octanol–water partition coefficient (Wildman–Crippen LogP) is 3.92. The molecular formula is C19H17F2NO3S. The standard InChI is InChI=1S/C19H17F2NO3S/c1-19(2)10-22-9-17-18(19)15-4-3-13(8-16(15)25-17)26(23,24)14-6-11(20)5-12(21)7-14/h3-8,22H,9-10H2,1-2H3. The van der Waals surface area contributed by atoms with Crippen LogP contribution in [0.2, 0.25) is 0 Å². The number of sulfone groups is 1. The lowest BCUT2D eigenvalue weighted by Crippen LogP contribution is -2.37. The minimum absolute atomic E-state index is 0.0631. The summed E-state index contributed by atoms with van der Waals surface area (Å²) in [6, 6.07) is 6.83. The Morgan fingerprint density at radius 3 is 2.42 bits per heavy atom. The fraction of sp³-hybridized carbons (Fsp3) is 0.263. The molecule has 0 radical (unpaired) electrons. The first-order valence-electron chi connectivity index (χ1n) is 8.16. The maximum atomic E-state index is 13.4. The van der Waals surface area contributed by atoms with Gasteiger partial charge in [-0.1, -0.05) is 13.8 Å². The molecule has 3 aromatic rings. The van der Waals surface area contributed by atoms with E-state index in [0.29, 0.717) is 18.2 Å². The SMILES string of the molecule is CC1(C)CNCc2oc3cc(S(=O)(=O)c4cc(F)cc(F)c4)ccc3c21. The molecular weight excluding hydrogens is 360 g/mol. The normalized spacial score (nSPS) is 16.6. The molecule has 26 heavy (non-hydrogen) atoms. The van der Waals surface area contributed by atoms with Gasteiger partial charge in [-0.3, -0.25) is 0 Å². The van der Waals surface area contributed by atoms with E-state index in [1.807, 2.05) is 0 Å². The van der Waals surface area contributed by atoms with Crippen molar-refractivity contribution in [3.63, 3.8) is 0 Å². The van der Waals surface area contributed by atoms with Crippen molar-refractivity contribution in [1.82, 2.24) is 5.32 Å². The summed E-state index contributed by atoms with van der Waals surface area (Å²) in [4.78, 5) is -0.487. The molecule has 1 aliphatic rings. The number of benzene rings is 2. The summed E-state index contributed by atoms with van der Waals surface area (Å²) >= 11 is 0. The van der Waals surface area contributed by atoms with Crippen LogP contribution < -0.4 is 5.32 Å². The van der Waals surface area contributed by atoms with Gasteiger partial charge in [0.15, 0.2) is 0 Å². The third-order valence-corrected chi connectivity index (χ3v) is 6.45. The highest BCUT2D eigenvalue weighted by Crippen LogP contribution is 2.39. The first-order valence-corrected chi connectivity index (χ1v) is 9.65. The first kappa shape index (κ1) is 17.2. The quantitative estimate of drug-likeness (QED) is 0.735. The molecule has 0 saturated carbocycles. The van der Waals surface area contributed by atoms with E-state index >= 15 is 0 Å². The van der Waals surface area contributed by atoms with Crippen LogP contribution in [0.1, 0.15) is 25.2 Å². The third-order valence-electron chi connectivity index (χ3n) is 4.72. The first-order chi connectivity index (χ1) is 12.2. The molecule has 0 bridgehead atoms. The third kappa shape index (κ3) is 2.62. The lowest BCUT2D eigenvalue weighted by molar-refractivity contribution is 0.391. The lowest BCUT2D eigenvalue weighted by atomic mass is 9.80. The van der Waals surface area contributed by atoms with Crippen molar-refractivity contribution in [2.75, 3.05) is 6.54 Å². The second kappa shape index (κ2) is 5.62. The van der Waals surface area contributed by atoms with E-state index in [4.69, 9.17) is 4.42 Å². The van der Waals surface area contributed by atoms with E-state index in [0.717, 1.165) is 35.4 Å². The van der Waals surface area contributed by atoms with Crippen LogP contribution in [0.4, 0.5) is 8.78 Å². The molecule has 0 amide bonds. The molecule has 0 spiro atoms. The predicted molar refractivity (Wildman–Crippen MR) is 92.8 cm³/mol. The minimum atomic E-state index is -4.06. The molecule has 0 fully saturated rings. The molecule has 4 nitrogen and oxygen atoms in total. The Balaban J connectivity index is 1.88. The van der Waals surface area contributed by atoms with E-state index in [1.54, 1.807) is 6.07 Å². The van der Waals surface area contributed by atoms with Gasteiger partial charge in [0.25, 0.3) is 0 Å². The van der Waals surface area contributed by atoms with Crippen LogP contribution in [0.15, 0.2) is 50.6 Å². The summed E-state index contributed by atoms with van der Waals surface area (Å²) in [5.74, 6) is -1.10. The van der Waals surface area contributed by atoms with Gasteiger partial charge in [0.05, 0.1) is 16.3 Å². The van der Waals surface area contributed by atoms with Crippen molar-refractivity contribution in [2.24, 2.45) is 0 Å². The molecule has 1 aromatic heterocycles. The zero-order valence-electron chi connectivity index (χ0n) is 14.3. The Kier molecular flexibility index (Phi) is 3.71. The summed E-state index contributed by atoms with van der Waals surface area (Å²) < 4.78 is 58.3. The lowest BCUT2D eigenvalue weighted by Gasteiger charge is -2.29. The molecule has 1 N–H and O–H groups in total. The van der Waals surface area contributed by atoms with E-state index in [1.165, 1.54) is 12.1 Å². The number of fused-ring (bicyclic) bond motifs is 3. The zero-order valence-corrected chi connectivity index (χ0v) is 15.1. The van der Waals surface area contributed by atoms with Gasteiger partial charge in [0.2, 0.25) is 9.84 Å². The molecule has 136 valence electrons. The summed E-state index contributed by atoms with van der Waals surface area (Å²) in [5.41, 5.74) is 1.36. The number of nitrogens with one attached hydrogen (secondary N) is 1. The molecule has 1 aliphatic heterocycles. The summed E-state index contributed by atoms with van der Waals surface area (Å²) in [6.45, 7) is 5.54. The molecule has 2 aromatic carbocycles. The molecule has 2 heterocycles. The van der Waals surface area contributed by atoms with Crippen LogP contribution in [0.5, 0.6) is 0 Å². The fourth-order valence-electron chi connectivity index (χ4n) is 3.56. The largest absolute Gasteiger partial charge is 0.459 e. The topological polar surface area (TPSA) is 59.3 Å². The van der Waals surface area contributed by atoms with Gasteiger partial charge in [-0.15, -0.1) is 0 Å². The highest BCUT2D eigenvalue weighted by Gasteiger charge is 2.33. The number of hydrogen-bond acceptors (Lipinski definition) is 4. The number of hydrogen-bond donors (Lipinski definition) is 1. The monoisotopic (exact) mass is 377 g/mol. The van der Waals surface area contributed by atoms with E-state index < -0.39 is 26.4 Å². The smallest absolute Gasteiger partial charge is 0.206 e. The van der Waals surface area contributed by atoms with Gasteiger partial charge < -0.3 is 9.73 Å². The number of furan rings is 1. The van der Waals surface area contributed by atoms with Gasteiger partial charge in [-0.25, -0.2) is 17.2 Å². The molecule has 0 unspecified atom stereocenters. The van der Waals surface area contributed by atoms with Gasteiger partial charge in [0, 0.05) is 35.0 Å². The average Bonchev–Trinajstić information content (AvgIpc) is 2.92. The second-order valence-electron chi connectivity index (χ2n) is 7.15. The maximum absolute atomic E-state index is 13.4. The molecule has 0 aliphatic carbocycles. The van der Waals surface area contributed by atoms with E-state index in [2.05, 4.69) is 19.2 Å². The van der Waals surface area contributed by atoms with Crippen molar-refractivity contribution in [1.29, 1.82) is 0 Å². The Morgan fingerprint density at radius 2 is 1.73 bits per heavy atom. The maximum Gasteiger partial charge on any atom is 0.206 e. The van der Waals surface area contributed by atoms with Gasteiger partial charge in [-0.05, 0) is 24.3 Å². The fourth-order valence-corrected chi connectivity index (χ4v) is 4.87. The van der Waals surface area contributed by atoms with E-state index in [9.17, 15) is 17.2 Å². The molecule has 0 saturated heterocycles. The number of halogens is 2. The van der Waals surface area contributed by atoms with Crippen LogP contribution in [0.3, 0.4) is 0 Å². The molecule has 0 atom stereocenters. The molecule has 4 rings (SSSR count). The second-order valence-corrected chi connectivity index (χ2v) is 9.10. The van der Waals surface area contributed by atoms with Crippen molar-refractivity contribution < 1.29 is 21.6 Å².